The average molecular weight is 331 g/mol. The van der Waals surface area contributed by atoms with Gasteiger partial charge in [-0.2, -0.15) is 5.10 Å². The van der Waals surface area contributed by atoms with E-state index >= 15 is 0 Å². The van der Waals surface area contributed by atoms with Crippen molar-refractivity contribution in [1.29, 1.82) is 0 Å². The molecule has 1 atom stereocenters. The Bertz CT molecular complexity index is 471. The summed E-state index contributed by atoms with van der Waals surface area (Å²) < 4.78 is 2.06. The van der Waals surface area contributed by atoms with E-state index in [1.807, 2.05) is 13.8 Å². The van der Waals surface area contributed by atoms with E-state index in [1.54, 1.807) is 0 Å². The van der Waals surface area contributed by atoms with E-state index in [0.29, 0.717) is 31.3 Å². The van der Waals surface area contributed by atoms with Gasteiger partial charge in [0.2, 0.25) is 5.91 Å². The van der Waals surface area contributed by atoms with Crippen molar-refractivity contribution in [3.05, 3.63) is 17.0 Å². The van der Waals surface area contributed by atoms with E-state index in [-0.39, 0.29) is 18.3 Å². The zero-order valence-corrected chi connectivity index (χ0v) is 15.3. The third-order valence-corrected chi connectivity index (χ3v) is 3.72. The van der Waals surface area contributed by atoms with Crippen LogP contribution >= 0.6 is 12.4 Å². The van der Waals surface area contributed by atoms with Crippen molar-refractivity contribution in [3.63, 3.8) is 0 Å². The number of carbonyl (C=O) groups is 1. The number of halogens is 1. The normalized spacial score (nSPS) is 12.1. The molecule has 0 fully saturated rings. The van der Waals surface area contributed by atoms with Crippen molar-refractivity contribution in [2.75, 3.05) is 13.1 Å². The number of nitrogens with zero attached hydrogens (tertiary/aromatic N) is 2. The number of nitrogens with two attached hydrogens (primary N) is 1. The molecular formula is C16H31ClN4O. The molecule has 0 aliphatic carbocycles. The first-order chi connectivity index (χ1) is 9.85. The quantitative estimate of drug-likeness (QED) is 0.767. The molecule has 0 bridgehead atoms. The number of carbonyl (C=O) groups excluding carboxylic acids is 1. The zero-order chi connectivity index (χ0) is 16.0. The van der Waals surface area contributed by atoms with Gasteiger partial charge in [0.1, 0.15) is 0 Å². The van der Waals surface area contributed by atoms with Crippen LogP contribution in [0.2, 0.25) is 0 Å². The number of nitrogens with one attached hydrogen (secondary N) is 1. The van der Waals surface area contributed by atoms with Gasteiger partial charge in [-0.1, -0.05) is 20.8 Å². The van der Waals surface area contributed by atoms with Gasteiger partial charge in [0, 0.05) is 25.2 Å². The Kier molecular flexibility index (Phi) is 9.37. The summed E-state index contributed by atoms with van der Waals surface area (Å²) in [5, 5.41) is 7.52. The fraction of sp³-hybridized carbons (Fsp3) is 0.750. The number of hydrogen-bond acceptors (Lipinski definition) is 3. The van der Waals surface area contributed by atoms with Gasteiger partial charge in [0.15, 0.2) is 0 Å². The third-order valence-electron chi connectivity index (χ3n) is 3.72. The van der Waals surface area contributed by atoms with Gasteiger partial charge in [-0.25, -0.2) is 0 Å². The average Bonchev–Trinajstić information content (AvgIpc) is 2.68. The van der Waals surface area contributed by atoms with Crippen LogP contribution in [-0.2, 0) is 17.8 Å². The molecule has 1 rings (SSSR count). The number of rotatable bonds is 8. The second-order valence-corrected chi connectivity index (χ2v) is 6.37. The minimum atomic E-state index is 0. The molecule has 0 aliphatic rings. The summed E-state index contributed by atoms with van der Waals surface area (Å²) in [6.07, 6.45) is 1.25. The maximum absolute atomic E-state index is 11.9. The molecule has 128 valence electrons. The molecule has 0 aliphatic heterocycles. The molecule has 0 saturated heterocycles. The van der Waals surface area contributed by atoms with Gasteiger partial charge in [0.05, 0.1) is 5.69 Å². The molecule has 6 heteroatoms. The monoisotopic (exact) mass is 330 g/mol. The zero-order valence-electron chi connectivity index (χ0n) is 14.5. The molecule has 1 aromatic rings. The highest BCUT2D eigenvalue weighted by Crippen LogP contribution is 2.16. The largest absolute Gasteiger partial charge is 0.356 e. The van der Waals surface area contributed by atoms with Crippen LogP contribution in [0.5, 0.6) is 0 Å². The molecule has 3 N–H and O–H groups in total. The van der Waals surface area contributed by atoms with Crippen molar-refractivity contribution in [2.24, 2.45) is 17.6 Å². The summed E-state index contributed by atoms with van der Waals surface area (Å²) in [6, 6.07) is 0. The fourth-order valence-electron chi connectivity index (χ4n) is 2.32. The Morgan fingerprint density at radius 1 is 1.32 bits per heavy atom. The van der Waals surface area contributed by atoms with Crippen LogP contribution in [0.4, 0.5) is 0 Å². The van der Waals surface area contributed by atoms with Gasteiger partial charge < -0.3 is 11.1 Å². The molecule has 22 heavy (non-hydrogen) atoms. The van der Waals surface area contributed by atoms with Crippen molar-refractivity contribution < 1.29 is 4.79 Å². The second-order valence-electron chi connectivity index (χ2n) is 6.37. The number of aromatic nitrogens is 2. The summed E-state index contributed by atoms with van der Waals surface area (Å²) in [6.45, 7) is 12.7. The first kappa shape index (κ1) is 20.9. The highest BCUT2D eigenvalue weighted by atomic mass is 35.5. The van der Waals surface area contributed by atoms with E-state index in [1.165, 1.54) is 11.3 Å². The minimum absolute atomic E-state index is 0. The smallest absolute Gasteiger partial charge is 0.220 e. The van der Waals surface area contributed by atoms with Gasteiger partial charge in [-0.3, -0.25) is 9.48 Å². The lowest BCUT2D eigenvalue weighted by Gasteiger charge is -2.10. The Balaban J connectivity index is 0.00000441. The molecule has 1 amide bonds. The Hall–Kier alpha value is -1.07. The van der Waals surface area contributed by atoms with Gasteiger partial charge >= 0.3 is 0 Å². The van der Waals surface area contributed by atoms with Crippen molar-refractivity contribution in [1.82, 2.24) is 15.1 Å². The molecule has 0 spiro atoms. The summed E-state index contributed by atoms with van der Waals surface area (Å²) in [5.41, 5.74) is 8.97. The maximum Gasteiger partial charge on any atom is 0.220 e. The molecule has 0 radical (unpaired) electrons. The standard InChI is InChI=1S/C16H30N4O.ClH/c1-11(2)10-20-14(5)15(13(4)19-20)6-7-16(21)18-9-12(3)8-17;/h11-12H,6-10,17H2,1-5H3,(H,18,21);1H. The summed E-state index contributed by atoms with van der Waals surface area (Å²) in [7, 11) is 0. The van der Waals surface area contributed by atoms with E-state index in [2.05, 4.69) is 35.9 Å². The van der Waals surface area contributed by atoms with Gasteiger partial charge in [-0.15, -0.1) is 12.4 Å². The highest BCUT2D eigenvalue weighted by molar-refractivity contribution is 5.85. The molecule has 1 aromatic heterocycles. The fourth-order valence-corrected chi connectivity index (χ4v) is 2.32. The topological polar surface area (TPSA) is 72.9 Å². The van der Waals surface area contributed by atoms with Crippen LogP contribution in [0.1, 0.15) is 44.1 Å². The Labute approximate surface area is 140 Å². The molecule has 0 aromatic carbocycles. The van der Waals surface area contributed by atoms with Crippen LogP contribution in [0, 0.1) is 25.7 Å². The van der Waals surface area contributed by atoms with Gasteiger partial charge in [-0.05, 0) is 44.2 Å². The van der Waals surface area contributed by atoms with E-state index < -0.39 is 0 Å². The van der Waals surface area contributed by atoms with Crippen molar-refractivity contribution >= 4 is 18.3 Å². The summed E-state index contributed by atoms with van der Waals surface area (Å²) in [4.78, 5) is 11.9. The number of amides is 1. The molecule has 1 heterocycles. The SMILES string of the molecule is Cc1nn(CC(C)C)c(C)c1CCC(=O)NCC(C)CN.Cl. The Morgan fingerprint density at radius 2 is 1.95 bits per heavy atom. The molecule has 0 saturated carbocycles. The van der Waals surface area contributed by atoms with E-state index in [4.69, 9.17) is 5.73 Å². The lowest BCUT2D eigenvalue weighted by molar-refractivity contribution is -0.121. The van der Waals surface area contributed by atoms with Crippen LogP contribution in [0.3, 0.4) is 0 Å². The summed E-state index contributed by atoms with van der Waals surface area (Å²) in [5.74, 6) is 0.980. The Morgan fingerprint density at radius 3 is 2.50 bits per heavy atom. The van der Waals surface area contributed by atoms with Gasteiger partial charge in [0.25, 0.3) is 0 Å². The van der Waals surface area contributed by atoms with Crippen LogP contribution in [0.15, 0.2) is 0 Å². The predicted octanol–water partition coefficient (Wildman–Crippen LogP) is 2.22. The van der Waals surface area contributed by atoms with Crippen molar-refractivity contribution in [3.8, 4) is 0 Å². The van der Waals surface area contributed by atoms with Crippen LogP contribution < -0.4 is 11.1 Å². The number of hydrogen-bond donors (Lipinski definition) is 2. The molecule has 1 unspecified atom stereocenters. The van der Waals surface area contributed by atoms with E-state index in [0.717, 1.165) is 18.7 Å². The highest BCUT2D eigenvalue weighted by Gasteiger charge is 2.14. The summed E-state index contributed by atoms with van der Waals surface area (Å²) >= 11 is 0. The first-order valence-electron chi connectivity index (χ1n) is 7.84. The lowest BCUT2D eigenvalue weighted by atomic mass is 10.1. The second kappa shape index (κ2) is 9.85. The lowest BCUT2D eigenvalue weighted by Crippen LogP contribution is -2.31. The molecular weight excluding hydrogens is 300 g/mol. The predicted molar refractivity (Wildman–Crippen MR) is 93.3 cm³/mol. The minimum Gasteiger partial charge on any atom is -0.356 e. The van der Waals surface area contributed by atoms with Crippen molar-refractivity contribution in [2.45, 2.75) is 54.0 Å². The maximum atomic E-state index is 11.9. The van der Waals surface area contributed by atoms with Crippen LogP contribution in [-0.4, -0.2) is 28.8 Å². The first-order valence-corrected chi connectivity index (χ1v) is 7.84. The number of aryl methyl sites for hydroxylation is 1. The third kappa shape index (κ3) is 6.36. The molecule has 5 nitrogen and oxygen atoms in total. The van der Waals surface area contributed by atoms with E-state index in [9.17, 15) is 4.79 Å². The van der Waals surface area contributed by atoms with Crippen LogP contribution in [0.25, 0.3) is 0 Å².